The molecule has 0 saturated heterocycles. The lowest BCUT2D eigenvalue weighted by atomic mass is 10.0. The molecule has 1 aromatic heterocycles. The molecule has 2 aromatic rings. The molecule has 0 aliphatic heterocycles. The second kappa shape index (κ2) is 6.21. The van der Waals surface area contributed by atoms with Crippen molar-refractivity contribution in [2.75, 3.05) is 5.32 Å². The number of aromatic amines is 1. The average Bonchev–Trinajstić information content (AvgIpc) is 2.97. The van der Waals surface area contributed by atoms with Gasteiger partial charge < -0.3 is 10.3 Å². The molecule has 6 nitrogen and oxygen atoms in total. The van der Waals surface area contributed by atoms with Crippen molar-refractivity contribution in [3.05, 3.63) is 57.4 Å². The molecule has 2 rings (SSSR count). The summed E-state index contributed by atoms with van der Waals surface area (Å²) in [4.78, 5) is 25.0. The molecule has 21 heavy (non-hydrogen) atoms. The number of nitrogens with zero attached hydrogens (tertiary/aromatic N) is 1. The third kappa shape index (κ3) is 3.10. The zero-order valence-electron chi connectivity index (χ0n) is 12.0. The first-order valence-electron chi connectivity index (χ1n) is 6.81. The molecular formula is C15H17N3O3. The summed E-state index contributed by atoms with van der Waals surface area (Å²) in [5, 5.41) is 13.5. The highest BCUT2D eigenvalue weighted by atomic mass is 16.6. The smallest absolute Gasteiger partial charge is 0.287 e. The zero-order chi connectivity index (χ0) is 15.4. The van der Waals surface area contributed by atoms with Gasteiger partial charge in [0.15, 0.2) is 0 Å². The molecule has 0 radical (unpaired) electrons. The molecule has 1 aromatic carbocycles. The first-order valence-corrected chi connectivity index (χ1v) is 6.81. The number of aromatic nitrogens is 1. The number of amides is 1. The highest BCUT2D eigenvalue weighted by Crippen LogP contribution is 2.23. The van der Waals surface area contributed by atoms with E-state index in [1.54, 1.807) is 0 Å². The number of aryl methyl sites for hydroxylation is 2. The van der Waals surface area contributed by atoms with Crippen molar-refractivity contribution in [1.29, 1.82) is 0 Å². The minimum Gasteiger partial charge on any atom is -0.351 e. The highest BCUT2D eigenvalue weighted by Gasteiger charge is 2.16. The van der Waals surface area contributed by atoms with Gasteiger partial charge in [0.1, 0.15) is 5.69 Å². The van der Waals surface area contributed by atoms with Gasteiger partial charge in [0.05, 0.1) is 11.1 Å². The second-order valence-corrected chi connectivity index (χ2v) is 4.64. The molecule has 0 aliphatic carbocycles. The standard InChI is InChI=1S/C15H17N3O3/c1-3-10-6-5-7-11(4-2)14(10)17-15(19)13-8-12(9-16-13)18(20)21/h5-9,16H,3-4H2,1-2H3,(H,17,19). The summed E-state index contributed by atoms with van der Waals surface area (Å²) in [7, 11) is 0. The van der Waals surface area contributed by atoms with E-state index in [0.29, 0.717) is 0 Å². The fourth-order valence-corrected chi connectivity index (χ4v) is 2.20. The van der Waals surface area contributed by atoms with Gasteiger partial charge in [-0.2, -0.15) is 0 Å². The first kappa shape index (κ1) is 14.8. The number of hydrogen-bond donors (Lipinski definition) is 2. The zero-order valence-corrected chi connectivity index (χ0v) is 12.0. The van der Waals surface area contributed by atoms with Crippen LogP contribution in [-0.2, 0) is 12.8 Å². The Morgan fingerprint density at radius 3 is 2.38 bits per heavy atom. The van der Waals surface area contributed by atoms with E-state index in [0.717, 1.165) is 29.7 Å². The number of rotatable bonds is 5. The molecule has 1 amide bonds. The number of nitrogens with one attached hydrogen (secondary N) is 2. The van der Waals surface area contributed by atoms with Crippen LogP contribution in [0.5, 0.6) is 0 Å². The van der Waals surface area contributed by atoms with E-state index in [9.17, 15) is 14.9 Å². The van der Waals surface area contributed by atoms with Gasteiger partial charge in [-0.1, -0.05) is 32.0 Å². The van der Waals surface area contributed by atoms with Gasteiger partial charge in [0, 0.05) is 11.8 Å². The van der Waals surface area contributed by atoms with Crippen molar-refractivity contribution in [1.82, 2.24) is 4.98 Å². The topological polar surface area (TPSA) is 88.0 Å². The van der Waals surface area contributed by atoms with Crippen molar-refractivity contribution >= 4 is 17.3 Å². The molecule has 0 spiro atoms. The molecule has 0 bridgehead atoms. The quantitative estimate of drug-likeness (QED) is 0.653. The van der Waals surface area contributed by atoms with E-state index >= 15 is 0 Å². The maximum absolute atomic E-state index is 12.2. The van der Waals surface area contributed by atoms with Crippen molar-refractivity contribution < 1.29 is 9.72 Å². The largest absolute Gasteiger partial charge is 0.351 e. The van der Waals surface area contributed by atoms with E-state index in [1.807, 2.05) is 32.0 Å². The summed E-state index contributed by atoms with van der Waals surface area (Å²) in [6.45, 7) is 4.04. The number of H-pyrrole nitrogens is 1. The molecule has 6 heteroatoms. The summed E-state index contributed by atoms with van der Waals surface area (Å²) in [5.41, 5.74) is 2.94. The summed E-state index contributed by atoms with van der Waals surface area (Å²) < 4.78 is 0. The van der Waals surface area contributed by atoms with Crippen molar-refractivity contribution in [3.8, 4) is 0 Å². The van der Waals surface area contributed by atoms with E-state index in [1.165, 1.54) is 12.3 Å². The van der Waals surface area contributed by atoms with E-state index < -0.39 is 4.92 Å². The Morgan fingerprint density at radius 1 is 1.29 bits per heavy atom. The van der Waals surface area contributed by atoms with Gasteiger partial charge in [-0.3, -0.25) is 14.9 Å². The predicted molar refractivity (Wildman–Crippen MR) is 80.6 cm³/mol. The fraction of sp³-hybridized carbons (Fsp3) is 0.267. The Bertz CT molecular complexity index is 654. The molecule has 2 N–H and O–H groups in total. The molecule has 0 fully saturated rings. The third-order valence-corrected chi connectivity index (χ3v) is 3.36. The van der Waals surface area contributed by atoms with Crippen LogP contribution in [0.25, 0.3) is 0 Å². The monoisotopic (exact) mass is 287 g/mol. The summed E-state index contributed by atoms with van der Waals surface area (Å²) in [5.74, 6) is -0.376. The van der Waals surface area contributed by atoms with Crippen LogP contribution in [0, 0.1) is 10.1 Å². The van der Waals surface area contributed by atoms with Crippen LogP contribution in [0.2, 0.25) is 0 Å². The summed E-state index contributed by atoms with van der Waals surface area (Å²) in [6, 6.07) is 7.13. The van der Waals surface area contributed by atoms with Gasteiger partial charge in [-0.25, -0.2) is 0 Å². The van der Waals surface area contributed by atoms with Crippen LogP contribution in [0.1, 0.15) is 35.5 Å². The van der Waals surface area contributed by atoms with Gasteiger partial charge in [-0.05, 0) is 24.0 Å². The lowest BCUT2D eigenvalue weighted by Gasteiger charge is -2.13. The van der Waals surface area contributed by atoms with Gasteiger partial charge in [-0.15, -0.1) is 0 Å². The number of carbonyl (C=O) groups is 1. The predicted octanol–water partition coefficient (Wildman–Crippen LogP) is 3.30. The van der Waals surface area contributed by atoms with Gasteiger partial charge in [0.25, 0.3) is 11.6 Å². The van der Waals surface area contributed by atoms with Crippen LogP contribution in [0.4, 0.5) is 11.4 Å². The lowest BCUT2D eigenvalue weighted by molar-refractivity contribution is -0.384. The maximum atomic E-state index is 12.2. The van der Waals surface area contributed by atoms with E-state index in [-0.39, 0.29) is 17.3 Å². The molecule has 0 aliphatic rings. The third-order valence-electron chi connectivity index (χ3n) is 3.36. The lowest BCUT2D eigenvalue weighted by Crippen LogP contribution is -2.15. The van der Waals surface area contributed by atoms with Crippen LogP contribution in [0.3, 0.4) is 0 Å². The Hall–Kier alpha value is -2.63. The van der Waals surface area contributed by atoms with E-state index in [4.69, 9.17) is 0 Å². The van der Waals surface area contributed by atoms with Gasteiger partial charge >= 0.3 is 0 Å². The first-order chi connectivity index (χ1) is 10.1. The molecular weight excluding hydrogens is 270 g/mol. The van der Waals surface area contributed by atoms with Crippen LogP contribution < -0.4 is 5.32 Å². The molecule has 0 unspecified atom stereocenters. The van der Waals surface area contributed by atoms with Crippen LogP contribution in [-0.4, -0.2) is 15.8 Å². The number of carbonyl (C=O) groups excluding carboxylic acids is 1. The average molecular weight is 287 g/mol. The SMILES string of the molecule is CCc1cccc(CC)c1NC(=O)c1cc([N+](=O)[O-])c[nH]1. The maximum Gasteiger partial charge on any atom is 0.287 e. The van der Waals surface area contributed by atoms with Crippen LogP contribution >= 0.6 is 0 Å². The fourth-order valence-electron chi connectivity index (χ4n) is 2.20. The molecule has 110 valence electrons. The number of nitro groups is 1. The Balaban J connectivity index is 2.28. The van der Waals surface area contributed by atoms with Gasteiger partial charge in [0.2, 0.25) is 0 Å². The van der Waals surface area contributed by atoms with Crippen molar-refractivity contribution in [2.45, 2.75) is 26.7 Å². The van der Waals surface area contributed by atoms with Crippen molar-refractivity contribution in [2.24, 2.45) is 0 Å². The normalized spacial score (nSPS) is 10.4. The van der Waals surface area contributed by atoms with Crippen LogP contribution in [0.15, 0.2) is 30.5 Å². The number of hydrogen-bond acceptors (Lipinski definition) is 3. The Labute approximate surface area is 122 Å². The Kier molecular flexibility index (Phi) is 4.37. The highest BCUT2D eigenvalue weighted by molar-refractivity contribution is 6.04. The molecule has 0 atom stereocenters. The second-order valence-electron chi connectivity index (χ2n) is 4.64. The minimum atomic E-state index is -0.537. The number of para-hydroxylation sites is 1. The minimum absolute atomic E-state index is 0.125. The summed E-state index contributed by atoms with van der Waals surface area (Å²) >= 11 is 0. The van der Waals surface area contributed by atoms with Crippen molar-refractivity contribution in [3.63, 3.8) is 0 Å². The number of anilines is 1. The summed E-state index contributed by atoms with van der Waals surface area (Å²) in [6.07, 6.45) is 2.81. The molecule has 0 saturated carbocycles. The molecule has 1 heterocycles. The Morgan fingerprint density at radius 2 is 1.90 bits per heavy atom. The van der Waals surface area contributed by atoms with E-state index in [2.05, 4.69) is 10.3 Å². The number of benzene rings is 1.